The number of aromatic nitrogens is 2. The maximum atomic E-state index is 12.8. The Labute approximate surface area is 121 Å². The Morgan fingerprint density at radius 1 is 1.35 bits per heavy atom. The minimum Gasteiger partial charge on any atom is -0.338 e. The maximum absolute atomic E-state index is 12.8. The molecule has 0 aliphatic carbocycles. The third-order valence-electron chi connectivity index (χ3n) is 2.85. The monoisotopic (exact) mass is 295 g/mol. The quantitative estimate of drug-likeness (QED) is 0.789. The molecule has 1 aromatic heterocycles. The number of nitrogens with zero attached hydrogens (tertiary/aromatic N) is 2. The minimum atomic E-state index is -0.238. The number of benzene rings is 1. The lowest BCUT2D eigenvalue weighted by Gasteiger charge is -2.03. The summed E-state index contributed by atoms with van der Waals surface area (Å²) in [5.41, 5.74) is 5.97. The zero-order chi connectivity index (χ0) is 14.4. The molecule has 0 radical (unpaired) electrons. The highest BCUT2D eigenvalue weighted by atomic mass is 32.2. The summed E-state index contributed by atoms with van der Waals surface area (Å²) in [5, 5.41) is 3.92. The van der Waals surface area contributed by atoms with Gasteiger partial charge in [0.1, 0.15) is 5.82 Å². The molecular formula is C14H18FN3OS. The van der Waals surface area contributed by atoms with Crippen molar-refractivity contribution in [1.29, 1.82) is 0 Å². The van der Waals surface area contributed by atoms with E-state index in [1.807, 2.05) is 0 Å². The normalized spacial score (nSPS) is 12.6. The van der Waals surface area contributed by atoms with Crippen LogP contribution in [0.25, 0.3) is 0 Å². The second-order valence-corrected chi connectivity index (χ2v) is 5.59. The Balaban J connectivity index is 1.87. The van der Waals surface area contributed by atoms with Gasteiger partial charge in [-0.2, -0.15) is 4.98 Å². The van der Waals surface area contributed by atoms with Gasteiger partial charge in [-0.25, -0.2) is 4.39 Å². The molecule has 0 unspecified atom stereocenters. The summed E-state index contributed by atoms with van der Waals surface area (Å²) in [6, 6.07) is 6.14. The van der Waals surface area contributed by atoms with E-state index < -0.39 is 0 Å². The van der Waals surface area contributed by atoms with Crippen LogP contribution in [0.3, 0.4) is 0 Å². The zero-order valence-corrected chi connectivity index (χ0v) is 12.2. The van der Waals surface area contributed by atoms with Gasteiger partial charge in [-0.15, -0.1) is 11.8 Å². The number of nitrogens with two attached hydrogens (primary N) is 1. The Morgan fingerprint density at radius 3 is 2.80 bits per heavy atom. The molecule has 0 saturated heterocycles. The van der Waals surface area contributed by atoms with E-state index in [1.54, 1.807) is 12.1 Å². The van der Waals surface area contributed by atoms with Crippen LogP contribution in [-0.2, 0) is 5.75 Å². The number of rotatable bonds is 7. The van der Waals surface area contributed by atoms with Gasteiger partial charge >= 0.3 is 0 Å². The molecule has 0 aliphatic heterocycles. The molecule has 1 atom stereocenters. The van der Waals surface area contributed by atoms with Crippen molar-refractivity contribution in [3.05, 3.63) is 41.8 Å². The zero-order valence-electron chi connectivity index (χ0n) is 11.4. The molecule has 0 aliphatic rings. The average Bonchev–Trinajstić information content (AvgIpc) is 2.93. The average molecular weight is 295 g/mol. The van der Waals surface area contributed by atoms with Crippen LogP contribution in [0.2, 0.25) is 0 Å². The van der Waals surface area contributed by atoms with E-state index >= 15 is 0 Å². The first kappa shape index (κ1) is 15.0. The van der Waals surface area contributed by atoms with E-state index in [9.17, 15) is 4.39 Å². The van der Waals surface area contributed by atoms with Crippen LogP contribution in [0.1, 0.15) is 43.9 Å². The lowest BCUT2D eigenvalue weighted by Crippen LogP contribution is -2.10. The largest absolute Gasteiger partial charge is 0.338 e. The second-order valence-electron chi connectivity index (χ2n) is 4.54. The predicted molar refractivity (Wildman–Crippen MR) is 76.7 cm³/mol. The van der Waals surface area contributed by atoms with Crippen molar-refractivity contribution in [2.45, 2.75) is 42.9 Å². The van der Waals surface area contributed by atoms with Crippen LogP contribution in [0.15, 0.2) is 33.7 Å². The number of unbranched alkanes of at least 4 members (excludes halogenated alkanes) is 1. The van der Waals surface area contributed by atoms with E-state index in [2.05, 4.69) is 17.1 Å². The minimum absolute atomic E-state index is 0.188. The molecular weight excluding hydrogens is 277 g/mol. The van der Waals surface area contributed by atoms with Gasteiger partial charge in [0.15, 0.2) is 5.82 Å². The van der Waals surface area contributed by atoms with Gasteiger partial charge in [0.05, 0.1) is 11.8 Å². The standard InChI is InChI=1S/C14H18FN3OS/c1-2-3-4-12(16)14-17-13(18-19-14)9-20-11-7-5-10(15)6-8-11/h5-8,12H,2-4,9,16H2,1H3/t12-/m0/s1. The fraction of sp³-hybridized carbons (Fsp3) is 0.429. The molecule has 0 bridgehead atoms. The lowest BCUT2D eigenvalue weighted by molar-refractivity contribution is 0.343. The molecule has 0 amide bonds. The summed E-state index contributed by atoms with van der Waals surface area (Å²) < 4.78 is 18.0. The summed E-state index contributed by atoms with van der Waals surface area (Å²) in [7, 11) is 0. The van der Waals surface area contributed by atoms with Crippen LogP contribution >= 0.6 is 11.8 Å². The molecule has 0 spiro atoms. The molecule has 4 nitrogen and oxygen atoms in total. The number of thioether (sulfide) groups is 1. The third-order valence-corrected chi connectivity index (χ3v) is 3.86. The molecule has 0 saturated carbocycles. The van der Waals surface area contributed by atoms with Crippen molar-refractivity contribution >= 4 is 11.8 Å². The van der Waals surface area contributed by atoms with Gasteiger partial charge in [0.2, 0.25) is 5.89 Å². The van der Waals surface area contributed by atoms with Crippen molar-refractivity contribution < 1.29 is 8.91 Å². The van der Waals surface area contributed by atoms with Crippen LogP contribution in [-0.4, -0.2) is 10.1 Å². The SMILES string of the molecule is CCCC[C@H](N)c1nc(CSc2ccc(F)cc2)no1. The second kappa shape index (κ2) is 7.40. The molecule has 2 aromatic rings. The predicted octanol–water partition coefficient (Wildman–Crippen LogP) is 3.69. The van der Waals surface area contributed by atoms with E-state index in [0.717, 1.165) is 24.2 Å². The molecule has 6 heteroatoms. The molecule has 0 fully saturated rings. The summed E-state index contributed by atoms with van der Waals surface area (Å²) in [6.45, 7) is 2.12. The molecule has 2 rings (SSSR count). The lowest BCUT2D eigenvalue weighted by atomic mass is 10.1. The van der Waals surface area contributed by atoms with Crippen molar-refractivity contribution in [3.63, 3.8) is 0 Å². The van der Waals surface area contributed by atoms with E-state index in [1.165, 1.54) is 23.9 Å². The van der Waals surface area contributed by atoms with Gasteiger partial charge < -0.3 is 10.3 Å². The number of hydrogen-bond donors (Lipinski definition) is 1. The molecule has 1 heterocycles. The number of hydrogen-bond acceptors (Lipinski definition) is 5. The Morgan fingerprint density at radius 2 is 2.10 bits per heavy atom. The maximum Gasteiger partial charge on any atom is 0.243 e. The molecule has 108 valence electrons. The van der Waals surface area contributed by atoms with Gasteiger partial charge in [-0.05, 0) is 30.7 Å². The highest BCUT2D eigenvalue weighted by Gasteiger charge is 2.14. The van der Waals surface area contributed by atoms with Crippen molar-refractivity contribution in [1.82, 2.24) is 10.1 Å². The smallest absolute Gasteiger partial charge is 0.243 e. The summed E-state index contributed by atoms with van der Waals surface area (Å²) in [4.78, 5) is 5.26. The fourth-order valence-corrected chi connectivity index (χ4v) is 2.44. The van der Waals surface area contributed by atoms with Crippen molar-refractivity contribution in [3.8, 4) is 0 Å². The number of halogens is 1. The van der Waals surface area contributed by atoms with Crippen molar-refractivity contribution in [2.24, 2.45) is 5.73 Å². The topological polar surface area (TPSA) is 64.9 Å². The van der Waals surface area contributed by atoms with Gasteiger partial charge in [0, 0.05) is 4.90 Å². The molecule has 2 N–H and O–H groups in total. The van der Waals surface area contributed by atoms with E-state index in [-0.39, 0.29) is 11.9 Å². The van der Waals surface area contributed by atoms with E-state index in [4.69, 9.17) is 10.3 Å². The van der Waals surface area contributed by atoms with Gasteiger partial charge in [0.25, 0.3) is 0 Å². The Hall–Kier alpha value is -1.40. The van der Waals surface area contributed by atoms with Crippen LogP contribution in [0, 0.1) is 5.82 Å². The van der Waals surface area contributed by atoms with Gasteiger partial charge in [-0.3, -0.25) is 0 Å². The van der Waals surface area contributed by atoms with E-state index in [0.29, 0.717) is 17.5 Å². The first-order valence-electron chi connectivity index (χ1n) is 6.65. The molecule has 20 heavy (non-hydrogen) atoms. The van der Waals surface area contributed by atoms with Crippen molar-refractivity contribution in [2.75, 3.05) is 0 Å². The summed E-state index contributed by atoms with van der Waals surface area (Å²) in [5.74, 6) is 1.45. The first-order chi connectivity index (χ1) is 9.69. The third kappa shape index (κ3) is 4.31. The van der Waals surface area contributed by atoms with Crippen LogP contribution in [0.4, 0.5) is 4.39 Å². The summed E-state index contributed by atoms with van der Waals surface area (Å²) >= 11 is 1.53. The Kier molecular flexibility index (Phi) is 5.55. The Bertz CT molecular complexity index is 529. The highest BCUT2D eigenvalue weighted by molar-refractivity contribution is 7.98. The van der Waals surface area contributed by atoms with Gasteiger partial charge in [-0.1, -0.05) is 24.9 Å². The highest BCUT2D eigenvalue weighted by Crippen LogP contribution is 2.22. The van der Waals surface area contributed by atoms with Crippen LogP contribution < -0.4 is 5.73 Å². The fourth-order valence-electron chi connectivity index (χ4n) is 1.70. The van der Waals surface area contributed by atoms with Crippen LogP contribution in [0.5, 0.6) is 0 Å². The summed E-state index contributed by atoms with van der Waals surface area (Å²) in [6.07, 6.45) is 2.99. The first-order valence-corrected chi connectivity index (χ1v) is 7.64. The molecule has 1 aromatic carbocycles.